The molecule has 0 radical (unpaired) electrons. The zero-order valence-electron chi connectivity index (χ0n) is 14.7. The molecule has 0 spiro atoms. The molecule has 0 aromatic rings. The lowest BCUT2D eigenvalue weighted by Crippen LogP contribution is -2.49. The molecule has 0 aliphatic heterocycles. The van der Waals surface area contributed by atoms with Gasteiger partial charge < -0.3 is 0 Å². The minimum absolute atomic E-state index is 0.106. The van der Waals surface area contributed by atoms with Crippen molar-refractivity contribution in [2.75, 3.05) is 0 Å². The maximum Gasteiger partial charge on any atom is 0.159 e. The van der Waals surface area contributed by atoms with Gasteiger partial charge in [0.05, 0.1) is 0 Å². The number of rotatable bonds is 0. The monoisotopic (exact) mass is 312 g/mol. The second-order valence-corrected chi connectivity index (χ2v) is 8.75. The van der Waals surface area contributed by atoms with E-state index in [1.165, 1.54) is 18.4 Å². The Kier molecular flexibility index (Phi) is 3.28. The van der Waals surface area contributed by atoms with Gasteiger partial charge in [0.25, 0.3) is 0 Å². The molecule has 3 fully saturated rings. The molecule has 0 heterocycles. The number of fused-ring (bicyclic) bond motifs is 5. The standard InChI is InChI=1S/C21H28O2/c1-4-16-19(23)12-18-15-6-5-13-11-14(22)7-9-20(13,2)17(15)8-10-21(16,18)3/h4,11,15,17-18H,5-10,12H2,1-3H3/b16-4+/t15?,17?,18?,20-,21?/m0/s1. The minimum atomic E-state index is 0.106. The summed E-state index contributed by atoms with van der Waals surface area (Å²) >= 11 is 0. The van der Waals surface area contributed by atoms with Crippen molar-refractivity contribution in [3.63, 3.8) is 0 Å². The summed E-state index contributed by atoms with van der Waals surface area (Å²) in [6.45, 7) is 6.77. The highest BCUT2D eigenvalue weighted by molar-refractivity contribution is 5.99. The second-order valence-electron chi connectivity index (χ2n) is 8.75. The molecule has 0 aromatic carbocycles. The average molecular weight is 312 g/mol. The Hall–Kier alpha value is -1.18. The molecule has 4 aliphatic carbocycles. The first-order valence-electron chi connectivity index (χ1n) is 9.34. The van der Waals surface area contributed by atoms with Gasteiger partial charge in [0.1, 0.15) is 0 Å². The number of carbonyl (C=O) groups is 2. The van der Waals surface area contributed by atoms with Crippen LogP contribution in [-0.4, -0.2) is 11.6 Å². The lowest BCUT2D eigenvalue weighted by atomic mass is 9.47. The number of hydrogen-bond acceptors (Lipinski definition) is 2. The van der Waals surface area contributed by atoms with Crippen molar-refractivity contribution in [1.29, 1.82) is 0 Å². The van der Waals surface area contributed by atoms with Gasteiger partial charge in [-0.05, 0) is 79.3 Å². The molecule has 2 heteroatoms. The van der Waals surface area contributed by atoms with Gasteiger partial charge >= 0.3 is 0 Å². The lowest BCUT2D eigenvalue weighted by Gasteiger charge is -2.57. The van der Waals surface area contributed by atoms with Gasteiger partial charge in [-0.15, -0.1) is 0 Å². The van der Waals surface area contributed by atoms with Crippen LogP contribution in [-0.2, 0) is 9.59 Å². The fourth-order valence-corrected chi connectivity index (χ4v) is 6.71. The molecule has 23 heavy (non-hydrogen) atoms. The van der Waals surface area contributed by atoms with Gasteiger partial charge in [-0.1, -0.05) is 25.5 Å². The zero-order chi connectivity index (χ0) is 16.4. The number of Topliss-reactive ketones (excluding diaryl/α,β-unsaturated/α-hetero) is 1. The predicted octanol–water partition coefficient (Wildman–Crippen LogP) is 4.64. The quantitative estimate of drug-likeness (QED) is 0.610. The van der Waals surface area contributed by atoms with Crippen molar-refractivity contribution in [2.24, 2.45) is 28.6 Å². The maximum absolute atomic E-state index is 12.5. The van der Waals surface area contributed by atoms with Crippen LogP contribution in [0.1, 0.15) is 65.7 Å². The van der Waals surface area contributed by atoms with Crippen LogP contribution in [0.3, 0.4) is 0 Å². The molecule has 5 atom stereocenters. The Morgan fingerprint density at radius 1 is 1.04 bits per heavy atom. The van der Waals surface area contributed by atoms with Crippen molar-refractivity contribution in [3.05, 3.63) is 23.3 Å². The Morgan fingerprint density at radius 3 is 2.57 bits per heavy atom. The van der Waals surface area contributed by atoms with Crippen LogP contribution < -0.4 is 0 Å². The molecular formula is C21H28O2. The van der Waals surface area contributed by atoms with Crippen molar-refractivity contribution in [2.45, 2.75) is 65.7 Å². The Bertz CT molecular complexity index is 640. The summed E-state index contributed by atoms with van der Waals surface area (Å²) in [4.78, 5) is 24.4. The largest absolute Gasteiger partial charge is 0.295 e. The SMILES string of the molecule is C/C=C1\C(=O)CC2C3CCC4=CC(=O)CC[C@]4(C)C3CCC12C. The van der Waals surface area contributed by atoms with Gasteiger partial charge in [0.2, 0.25) is 0 Å². The van der Waals surface area contributed by atoms with Crippen LogP contribution in [0.2, 0.25) is 0 Å². The van der Waals surface area contributed by atoms with Crippen LogP contribution in [0.15, 0.2) is 23.3 Å². The van der Waals surface area contributed by atoms with Crippen LogP contribution in [0.5, 0.6) is 0 Å². The molecule has 124 valence electrons. The third-order valence-corrected chi connectivity index (χ3v) is 7.96. The summed E-state index contributed by atoms with van der Waals surface area (Å²) in [5.41, 5.74) is 2.83. The highest BCUT2D eigenvalue weighted by Crippen LogP contribution is 2.65. The Morgan fingerprint density at radius 2 is 1.83 bits per heavy atom. The Labute approximate surface area is 139 Å². The van der Waals surface area contributed by atoms with E-state index in [4.69, 9.17) is 0 Å². The van der Waals surface area contributed by atoms with Crippen LogP contribution >= 0.6 is 0 Å². The van der Waals surface area contributed by atoms with Crippen molar-refractivity contribution in [3.8, 4) is 0 Å². The highest BCUT2D eigenvalue weighted by Gasteiger charge is 2.59. The van der Waals surface area contributed by atoms with Gasteiger partial charge in [-0.25, -0.2) is 0 Å². The van der Waals surface area contributed by atoms with Crippen molar-refractivity contribution >= 4 is 11.6 Å². The van der Waals surface area contributed by atoms with Gasteiger partial charge in [0.15, 0.2) is 11.6 Å². The van der Waals surface area contributed by atoms with Crippen LogP contribution in [0.4, 0.5) is 0 Å². The van der Waals surface area contributed by atoms with Crippen LogP contribution in [0.25, 0.3) is 0 Å². The number of carbonyl (C=O) groups excluding carboxylic acids is 2. The fourth-order valence-electron chi connectivity index (χ4n) is 6.71. The first-order valence-corrected chi connectivity index (χ1v) is 9.34. The number of allylic oxidation sites excluding steroid dienone is 3. The van der Waals surface area contributed by atoms with E-state index < -0.39 is 0 Å². The Balaban J connectivity index is 1.72. The normalized spacial score (nSPS) is 47.9. The molecule has 4 rings (SSSR count). The van der Waals surface area contributed by atoms with Gasteiger partial charge in [-0.3, -0.25) is 9.59 Å². The van der Waals surface area contributed by atoms with E-state index in [9.17, 15) is 9.59 Å². The number of hydrogen-bond donors (Lipinski definition) is 0. The van der Waals surface area contributed by atoms with E-state index in [2.05, 4.69) is 19.9 Å². The molecule has 2 nitrogen and oxygen atoms in total. The second kappa shape index (κ2) is 4.91. The van der Waals surface area contributed by atoms with Crippen molar-refractivity contribution in [1.82, 2.24) is 0 Å². The highest BCUT2D eigenvalue weighted by atomic mass is 16.1. The first kappa shape index (κ1) is 15.4. The van der Waals surface area contributed by atoms with Gasteiger partial charge in [0, 0.05) is 12.8 Å². The smallest absolute Gasteiger partial charge is 0.159 e. The summed E-state index contributed by atoms with van der Waals surface area (Å²) in [5, 5.41) is 0. The molecule has 3 saturated carbocycles. The molecule has 4 unspecified atom stereocenters. The molecule has 0 amide bonds. The summed E-state index contributed by atoms with van der Waals surface area (Å²) in [5.74, 6) is 2.56. The molecule has 0 bridgehead atoms. The number of ketones is 2. The molecule has 0 aromatic heterocycles. The van der Waals surface area contributed by atoms with E-state index in [0.717, 1.165) is 31.3 Å². The molecule has 0 N–H and O–H groups in total. The van der Waals surface area contributed by atoms with E-state index in [1.54, 1.807) is 0 Å². The molecule has 0 saturated heterocycles. The first-order chi connectivity index (χ1) is 10.9. The molecular weight excluding hydrogens is 284 g/mol. The fraction of sp³-hybridized carbons (Fsp3) is 0.714. The minimum Gasteiger partial charge on any atom is -0.295 e. The maximum atomic E-state index is 12.5. The lowest BCUT2D eigenvalue weighted by molar-refractivity contribution is -0.117. The van der Waals surface area contributed by atoms with E-state index in [-0.39, 0.29) is 10.8 Å². The summed E-state index contributed by atoms with van der Waals surface area (Å²) < 4.78 is 0. The third kappa shape index (κ3) is 1.93. The summed E-state index contributed by atoms with van der Waals surface area (Å²) in [6, 6.07) is 0. The third-order valence-electron chi connectivity index (χ3n) is 7.96. The predicted molar refractivity (Wildman–Crippen MR) is 90.9 cm³/mol. The molecule has 4 aliphatic rings. The summed E-state index contributed by atoms with van der Waals surface area (Å²) in [7, 11) is 0. The average Bonchev–Trinajstić information content (AvgIpc) is 2.77. The van der Waals surface area contributed by atoms with Crippen LogP contribution in [0, 0.1) is 28.6 Å². The van der Waals surface area contributed by atoms with E-state index >= 15 is 0 Å². The van der Waals surface area contributed by atoms with Gasteiger partial charge in [-0.2, -0.15) is 0 Å². The van der Waals surface area contributed by atoms with E-state index in [0.29, 0.717) is 35.7 Å². The van der Waals surface area contributed by atoms with Crippen molar-refractivity contribution < 1.29 is 9.59 Å². The topological polar surface area (TPSA) is 34.1 Å². The zero-order valence-corrected chi connectivity index (χ0v) is 14.7. The summed E-state index contributed by atoms with van der Waals surface area (Å²) in [6.07, 6.45) is 11.1. The van der Waals surface area contributed by atoms with E-state index in [1.807, 2.05) is 13.0 Å².